The van der Waals surface area contributed by atoms with Gasteiger partial charge in [0.05, 0.1) is 0 Å². The van der Waals surface area contributed by atoms with E-state index in [1.807, 2.05) is 0 Å². The lowest BCUT2D eigenvalue weighted by Gasteiger charge is -2.06. The summed E-state index contributed by atoms with van der Waals surface area (Å²) in [6.07, 6.45) is 9.61. The molecule has 0 radical (unpaired) electrons. The van der Waals surface area contributed by atoms with Crippen molar-refractivity contribution in [3.8, 4) is 0 Å². The average Bonchev–Trinajstić information content (AvgIpc) is 2.53. The van der Waals surface area contributed by atoms with Crippen molar-refractivity contribution in [3.63, 3.8) is 0 Å². The van der Waals surface area contributed by atoms with Gasteiger partial charge in [-0.25, -0.2) is 4.79 Å². The zero-order chi connectivity index (χ0) is 17.3. The topological polar surface area (TPSA) is 61.8 Å². The highest BCUT2D eigenvalue weighted by Crippen LogP contribution is 2.10. The fraction of sp³-hybridized carbons (Fsp3) is 0.778. The van der Waals surface area contributed by atoms with Crippen LogP contribution in [0.5, 0.6) is 0 Å². The molecule has 0 aromatic rings. The van der Waals surface area contributed by atoms with Crippen molar-refractivity contribution in [2.75, 3.05) is 26.9 Å². The third-order valence-electron chi connectivity index (χ3n) is 3.41. The maximum atomic E-state index is 11.5. The van der Waals surface area contributed by atoms with Gasteiger partial charge in [0, 0.05) is 25.7 Å². The first-order valence-electron chi connectivity index (χ1n) is 8.55. The summed E-state index contributed by atoms with van der Waals surface area (Å²) >= 11 is 0. The standard InChI is InChI=1S/C18H32O5/c1-16(2)18(20)23-15-14-22-17(19)12-10-8-6-4-5-7-9-11-13-21-3/h1,4-15H2,2-3H3. The Hall–Kier alpha value is -1.36. The summed E-state index contributed by atoms with van der Waals surface area (Å²) in [6.45, 7) is 6.10. The molecule has 0 aliphatic rings. The van der Waals surface area contributed by atoms with E-state index in [2.05, 4.69) is 6.58 Å². The minimum absolute atomic E-state index is 0.0838. The third-order valence-corrected chi connectivity index (χ3v) is 3.41. The molecule has 0 heterocycles. The van der Waals surface area contributed by atoms with Gasteiger partial charge in [-0.1, -0.05) is 45.1 Å². The molecule has 0 saturated heterocycles. The molecule has 0 spiro atoms. The molecule has 0 aromatic carbocycles. The number of hydrogen-bond donors (Lipinski definition) is 0. The van der Waals surface area contributed by atoms with E-state index in [0.29, 0.717) is 12.0 Å². The summed E-state index contributed by atoms with van der Waals surface area (Å²) in [6, 6.07) is 0. The fourth-order valence-electron chi connectivity index (χ4n) is 2.06. The van der Waals surface area contributed by atoms with Crippen molar-refractivity contribution in [3.05, 3.63) is 12.2 Å². The average molecular weight is 328 g/mol. The molecule has 0 atom stereocenters. The van der Waals surface area contributed by atoms with Gasteiger partial charge in [-0.05, 0) is 19.8 Å². The van der Waals surface area contributed by atoms with Gasteiger partial charge in [0.25, 0.3) is 0 Å². The van der Waals surface area contributed by atoms with Crippen LogP contribution in [-0.2, 0) is 23.8 Å². The van der Waals surface area contributed by atoms with Gasteiger partial charge in [-0.3, -0.25) is 4.79 Å². The van der Waals surface area contributed by atoms with Gasteiger partial charge in [0.2, 0.25) is 0 Å². The molecule has 23 heavy (non-hydrogen) atoms. The van der Waals surface area contributed by atoms with Crippen LogP contribution in [0.1, 0.15) is 64.7 Å². The van der Waals surface area contributed by atoms with Gasteiger partial charge < -0.3 is 14.2 Å². The fourth-order valence-corrected chi connectivity index (χ4v) is 2.06. The molecule has 0 rings (SSSR count). The van der Waals surface area contributed by atoms with Crippen LogP contribution in [0.3, 0.4) is 0 Å². The molecule has 0 aliphatic carbocycles. The van der Waals surface area contributed by atoms with Gasteiger partial charge in [-0.2, -0.15) is 0 Å². The van der Waals surface area contributed by atoms with Gasteiger partial charge >= 0.3 is 11.9 Å². The van der Waals surface area contributed by atoms with Crippen molar-refractivity contribution in [1.29, 1.82) is 0 Å². The van der Waals surface area contributed by atoms with E-state index in [4.69, 9.17) is 14.2 Å². The summed E-state index contributed by atoms with van der Waals surface area (Å²) in [7, 11) is 1.74. The molecule has 0 fully saturated rings. The minimum atomic E-state index is -0.455. The largest absolute Gasteiger partial charge is 0.462 e. The predicted octanol–water partition coefficient (Wildman–Crippen LogP) is 3.81. The van der Waals surface area contributed by atoms with Gasteiger partial charge in [0.1, 0.15) is 13.2 Å². The van der Waals surface area contributed by atoms with E-state index < -0.39 is 5.97 Å². The maximum Gasteiger partial charge on any atom is 0.333 e. The van der Waals surface area contributed by atoms with Crippen LogP contribution in [0.25, 0.3) is 0 Å². The van der Waals surface area contributed by atoms with E-state index in [9.17, 15) is 9.59 Å². The van der Waals surface area contributed by atoms with Crippen molar-refractivity contribution in [2.45, 2.75) is 64.7 Å². The molecule has 134 valence electrons. The molecular weight excluding hydrogens is 296 g/mol. The van der Waals surface area contributed by atoms with Crippen molar-refractivity contribution in [1.82, 2.24) is 0 Å². The van der Waals surface area contributed by atoms with E-state index >= 15 is 0 Å². The Kier molecular flexibility index (Phi) is 14.6. The van der Waals surface area contributed by atoms with E-state index in [1.165, 1.54) is 25.7 Å². The van der Waals surface area contributed by atoms with Gasteiger partial charge in [-0.15, -0.1) is 0 Å². The van der Waals surface area contributed by atoms with E-state index in [0.717, 1.165) is 32.3 Å². The lowest BCUT2D eigenvalue weighted by molar-refractivity contribution is -0.150. The number of ether oxygens (including phenoxy) is 3. The molecule has 0 amide bonds. The molecule has 0 N–H and O–H groups in total. The number of esters is 2. The summed E-state index contributed by atoms with van der Waals surface area (Å²) in [5.41, 5.74) is 0.343. The Morgan fingerprint density at radius 3 is 1.87 bits per heavy atom. The summed E-state index contributed by atoms with van der Waals surface area (Å²) in [5, 5.41) is 0. The molecule has 5 nitrogen and oxygen atoms in total. The normalized spacial score (nSPS) is 10.3. The Labute approximate surface area is 140 Å². The van der Waals surface area contributed by atoms with Crippen LogP contribution in [0.15, 0.2) is 12.2 Å². The molecule has 5 heteroatoms. The van der Waals surface area contributed by atoms with Crippen LogP contribution in [0.4, 0.5) is 0 Å². The van der Waals surface area contributed by atoms with Crippen molar-refractivity contribution >= 4 is 11.9 Å². The van der Waals surface area contributed by atoms with Crippen molar-refractivity contribution < 1.29 is 23.8 Å². The SMILES string of the molecule is C=C(C)C(=O)OCCOC(=O)CCCCCCCCCCOC. The second-order valence-electron chi connectivity index (χ2n) is 5.71. The second-order valence-corrected chi connectivity index (χ2v) is 5.71. The molecule has 0 bridgehead atoms. The molecule has 0 aliphatic heterocycles. The first-order valence-corrected chi connectivity index (χ1v) is 8.55. The van der Waals surface area contributed by atoms with Crippen molar-refractivity contribution in [2.24, 2.45) is 0 Å². The number of unbranched alkanes of at least 4 members (excludes halogenated alkanes) is 7. The highest BCUT2D eigenvalue weighted by atomic mass is 16.6. The first-order chi connectivity index (χ1) is 11.1. The number of rotatable bonds is 15. The number of methoxy groups -OCH3 is 1. The van der Waals surface area contributed by atoms with E-state index in [-0.39, 0.29) is 19.2 Å². The summed E-state index contributed by atoms with van der Waals surface area (Å²) in [5.74, 6) is -0.681. The highest BCUT2D eigenvalue weighted by Gasteiger charge is 2.05. The van der Waals surface area contributed by atoms with Crippen LogP contribution < -0.4 is 0 Å². The predicted molar refractivity (Wildman–Crippen MR) is 90.2 cm³/mol. The maximum absolute atomic E-state index is 11.5. The number of carbonyl (C=O) groups is 2. The lowest BCUT2D eigenvalue weighted by atomic mass is 10.1. The monoisotopic (exact) mass is 328 g/mol. The van der Waals surface area contributed by atoms with Crippen LogP contribution in [0, 0.1) is 0 Å². The lowest BCUT2D eigenvalue weighted by Crippen LogP contribution is -2.14. The minimum Gasteiger partial charge on any atom is -0.462 e. The summed E-state index contributed by atoms with van der Waals surface area (Å²) < 4.78 is 14.8. The summed E-state index contributed by atoms with van der Waals surface area (Å²) in [4.78, 5) is 22.6. The second kappa shape index (κ2) is 15.5. The van der Waals surface area contributed by atoms with Crippen LogP contribution >= 0.6 is 0 Å². The van der Waals surface area contributed by atoms with Gasteiger partial charge in [0.15, 0.2) is 0 Å². The molecular formula is C18H32O5. The zero-order valence-corrected chi connectivity index (χ0v) is 14.7. The molecule has 0 aromatic heterocycles. The number of hydrogen-bond acceptors (Lipinski definition) is 5. The van der Waals surface area contributed by atoms with E-state index in [1.54, 1.807) is 14.0 Å². The third kappa shape index (κ3) is 15.3. The quantitative estimate of drug-likeness (QED) is 0.260. The Bertz CT molecular complexity index is 338. The van der Waals surface area contributed by atoms with Crippen LogP contribution in [-0.4, -0.2) is 38.9 Å². The Morgan fingerprint density at radius 1 is 0.783 bits per heavy atom. The Morgan fingerprint density at radius 2 is 1.30 bits per heavy atom. The number of carbonyl (C=O) groups excluding carboxylic acids is 2. The Balaban J connectivity index is 3.27. The smallest absolute Gasteiger partial charge is 0.333 e. The zero-order valence-electron chi connectivity index (χ0n) is 14.7. The molecule has 0 unspecified atom stereocenters. The first kappa shape index (κ1) is 21.6. The van der Waals surface area contributed by atoms with Crippen LogP contribution in [0.2, 0.25) is 0 Å². The highest BCUT2D eigenvalue weighted by molar-refractivity contribution is 5.86. The molecule has 0 saturated carbocycles.